The minimum absolute atomic E-state index is 0.0216. The predicted molar refractivity (Wildman–Crippen MR) is 88.6 cm³/mol. The Balaban J connectivity index is 1.85. The standard InChI is InChI=1S/C15H27IN2O3/c1-2-11-4-3-7-17(9-11)10-15(19)12-5-6-13(16)14(8-12)18(20)21/h11-14,18,20H,2-10H2,1H3/p+1. The number of hydrogen-bond donors (Lipinski definition) is 3. The molecule has 2 aliphatic rings. The van der Waals surface area contributed by atoms with Crippen LogP contribution in [-0.2, 0) is 4.79 Å². The molecule has 1 heterocycles. The van der Waals surface area contributed by atoms with Crippen molar-refractivity contribution in [3.63, 3.8) is 0 Å². The zero-order chi connectivity index (χ0) is 15.4. The number of halogens is 1. The van der Waals surface area contributed by atoms with Crippen LogP contribution in [-0.4, -0.2) is 40.6 Å². The summed E-state index contributed by atoms with van der Waals surface area (Å²) >= 11 is 2.23. The fourth-order valence-corrected chi connectivity index (χ4v) is 4.80. The first-order chi connectivity index (χ1) is 10.0. The average molecular weight is 411 g/mol. The van der Waals surface area contributed by atoms with E-state index >= 15 is 0 Å². The topological polar surface area (TPSA) is 69.2 Å². The number of ketones is 1. The predicted octanol–water partition coefficient (Wildman–Crippen LogP) is 0.00460. The highest BCUT2D eigenvalue weighted by atomic mass is 127. The fourth-order valence-electron chi connectivity index (χ4n) is 3.83. The lowest BCUT2D eigenvalue weighted by Gasteiger charge is -2.36. The molecule has 0 bridgehead atoms. The third-order valence-corrected chi connectivity index (χ3v) is 6.75. The Bertz CT molecular complexity index is 354. The first-order valence-electron chi connectivity index (χ1n) is 8.24. The van der Waals surface area contributed by atoms with Crippen LogP contribution in [0.2, 0.25) is 0 Å². The van der Waals surface area contributed by atoms with E-state index in [0.717, 1.165) is 31.8 Å². The van der Waals surface area contributed by atoms with Crippen LogP contribution in [0.1, 0.15) is 45.4 Å². The Kier molecular flexibility index (Phi) is 6.86. The van der Waals surface area contributed by atoms with E-state index in [4.69, 9.17) is 0 Å². The molecule has 3 N–H and O–H groups in total. The van der Waals surface area contributed by atoms with Gasteiger partial charge in [0.1, 0.15) is 12.6 Å². The number of hydrogen-bond acceptors (Lipinski definition) is 3. The molecule has 1 saturated heterocycles. The Morgan fingerprint density at radius 1 is 1.43 bits per heavy atom. The number of Topliss-reactive ketones (excluding diaryl/α,β-unsaturated/α-hetero) is 1. The van der Waals surface area contributed by atoms with E-state index in [2.05, 4.69) is 29.5 Å². The summed E-state index contributed by atoms with van der Waals surface area (Å²) in [5.41, 5.74) is 0. The number of carbonyl (C=O) groups excluding carboxylic acids is 1. The highest BCUT2D eigenvalue weighted by molar-refractivity contribution is 14.1. The lowest BCUT2D eigenvalue weighted by molar-refractivity contribution is -1.07. The molecule has 0 aromatic carbocycles. The number of carbonyl (C=O) groups is 1. The molecule has 0 aromatic rings. The maximum Gasteiger partial charge on any atom is 0.190 e. The fraction of sp³-hybridized carbons (Fsp3) is 0.933. The summed E-state index contributed by atoms with van der Waals surface area (Å²) in [4.78, 5) is 13.9. The quantitative estimate of drug-likeness (QED) is 0.339. The monoisotopic (exact) mass is 411 g/mol. The molecule has 0 aromatic heterocycles. The number of piperidine rings is 1. The zero-order valence-electron chi connectivity index (χ0n) is 12.8. The first-order valence-corrected chi connectivity index (χ1v) is 9.49. The number of likely N-dealkylation sites (tertiary alicyclic amines) is 1. The summed E-state index contributed by atoms with van der Waals surface area (Å²) in [6.07, 6.45) is 6.02. The van der Waals surface area contributed by atoms with Gasteiger partial charge >= 0.3 is 0 Å². The molecule has 122 valence electrons. The van der Waals surface area contributed by atoms with E-state index < -0.39 is 5.23 Å². The number of quaternary nitrogens is 2. The molecule has 1 aliphatic heterocycles. The third kappa shape index (κ3) is 4.86. The summed E-state index contributed by atoms with van der Waals surface area (Å²) in [5.74, 6) is 1.04. The number of hydroxylamine groups is 2. The van der Waals surface area contributed by atoms with Crippen molar-refractivity contribution in [2.45, 2.75) is 55.4 Å². The van der Waals surface area contributed by atoms with Crippen molar-refractivity contribution in [1.29, 1.82) is 0 Å². The highest BCUT2D eigenvalue weighted by Gasteiger charge is 2.37. The van der Waals surface area contributed by atoms with Crippen molar-refractivity contribution in [3.8, 4) is 0 Å². The SMILES string of the molecule is CCC1CCC[NH+](CC(=O)C2CCC(I)C([NH+]([O-])O)C2)C1. The van der Waals surface area contributed by atoms with Crippen molar-refractivity contribution in [2.75, 3.05) is 19.6 Å². The maximum atomic E-state index is 12.5. The summed E-state index contributed by atoms with van der Waals surface area (Å²) in [5, 5.41) is 19.8. The van der Waals surface area contributed by atoms with Crippen molar-refractivity contribution in [2.24, 2.45) is 11.8 Å². The van der Waals surface area contributed by atoms with Crippen LogP contribution < -0.4 is 10.1 Å². The van der Waals surface area contributed by atoms with Gasteiger partial charge in [-0.2, -0.15) is 0 Å². The van der Waals surface area contributed by atoms with Crippen molar-refractivity contribution < 1.29 is 20.1 Å². The van der Waals surface area contributed by atoms with Gasteiger partial charge in [0.2, 0.25) is 0 Å². The van der Waals surface area contributed by atoms with Crippen LogP contribution in [0.3, 0.4) is 0 Å². The molecule has 0 spiro atoms. The van der Waals surface area contributed by atoms with E-state index in [1.54, 1.807) is 0 Å². The van der Waals surface area contributed by atoms with Gasteiger partial charge in [0.05, 0.1) is 17.0 Å². The van der Waals surface area contributed by atoms with Gasteiger partial charge in [-0.1, -0.05) is 29.5 Å². The van der Waals surface area contributed by atoms with Gasteiger partial charge in [0, 0.05) is 18.3 Å². The molecule has 1 aliphatic carbocycles. The van der Waals surface area contributed by atoms with E-state index in [0.29, 0.717) is 18.7 Å². The smallest absolute Gasteiger partial charge is 0.190 e. The van der Waals surface area contributed by atoms with Gasteiger partial charge in [0.25, 0.3) is 0 Å². The number of rotatable bonds is 5. The van der Waals surface area contributed by atoms with Gasteiger partial charge in [0.15, 0.2) is 5.78 Å². The third-order valence-electron chi connectivity index (χ3n) is 5.26. The molecule has 5 nitrogen and oxygen atoms in total. The van der Waals surface area contributed by atoms with Gasteiger partial charge in [-0.05, 0) is 32.1 Å². The minimum Gasteiger partial charge on any atom is -0.600 e. The lowest BCUT2D eigenvalue weighted by atomic mass is 9.83. The second kappa shape index (κ2) is 8.19. The Labute approximate surface area is 140 Å². The zero-order valence-corrected chi connectivity index (χ0v) is 15.0. The van der Waals surface area contributed by atoms with Gasteiger partial charge < -0.3 is 10.1 Å². The molecular weight excluding hydrogens is 383 g/mol. The van der Waals surface area contributed by atoms with Crippen molar-refractivity contribution in [3.05, 3.63) is 5.21 Å². The largest absolute Gasteiger partial charge is 0.600 e. The second-order valence-electron chi connectivity index (χ2n) is 6.73. The summed E-state index contributed by atoms with van der Waals surface area (Å²) < 4.78 is 0.177. The molecule has 6 unspecified atom stereocenters. The van der Waals surface area contributed by atoms with Crippen LogP contribution in [0.15, 0.2) is 0 Å². The van der Waals surface area contributed by atoms with Crippen LogP contribution in [0.4, 0.5) is 0 Å². The molecule has 2 fully saturated rings. The van der Waals surface area contributed by atoms with Gasteiger partial charge in [-0.15, -0.1) is 0 Å². The molecule has 1 saturated carbocycles. The van der Waals surface area contributed by atoms with E-state index in [9.17, 15) is 15.2 Å². The van der Waals surface area contributed by atoms with Crippen LogP contribution in [0.25, 0.3) is 0 Å². The van der Waals surface area contributed by atoms with E-state index in [-0.39, 0.29) is 15.9 Å². The summed E-state index contributed by atoms with van der Waals surface area (Å²) in [6.45, 7) is 5.06. The van der Waals surface area contributed by atoms with E-state index in [1.807, 2.05) is 0 Å². The number of nitrogens with one attached hydrogen (secondary N) is 2. The molecule has 0 amide bonds. The van der Waals surface area contributed by atoms with Crippen LogP contribution in [0.5, 0.6) is 0 Å². The second-order valence-corrected chi connectivity index (χ2v) is 8.33. The van der Waals surface area contributed by atoms with Crippen LogP contribution >= 0.6 is 22.6 Å². The molecule has 2 rings (SSSR count). The first kappa shape index (κ1) is 17.6. The summed E-state index contributed by atoms with van der Waals surface area (Å²) in [6, 6.07) is -0.340. The Morgan fingerprint density at radius 2 is 2.19 bits per heavy atom. The van der Waals surface area contributed by atoms with Gasteiger partial charge in [-0.25, -0.2) is 10.4 Å². The molecule has 0 radical (unpaired) electrons. The van der Waals surface area contributed by atoms with Gasteiger partial charge in [-0.3, -0.25) is 4.79 Å². The summed E-state index contributed by atoms with van der Waals surface area (Å²) in [7, 11) is 0. The average Bonchev–Trinajstić information content (AvgIpc) is 2.47. The van der Waals surface area contributed by atoms with Crippen molar-refractivity contribution >= 4 is 28.4 Å². The molecule has 6 atom stereocenters. The van der Waals surface area contributed by atoms with E-state index in [1.165, 1.54) is 24.2 Å². The molecule has 21 heavy (non-hydrogen) atoms. The normalized spacial score (nSPS) is 39.0. The Morgan fingerprint density at radius 3 is 2.86 bits per heavy atom. The van der Waals surface area contributed by atoms with Crippen LogP contribution in [0, 0.1) is 17.0 Å². The Hall–Kier alpha value is 0.240. The highest BCUT2D eigenvalue weighted by Crippen LogP contribution is 2.28. The maximum absolute atomic E-state index is 12.5. The molecular formula is C15H28IN2O3+. The molecule has 6 heteroatoms. The number of alkyl halides is 1. The minimum atomic E-state index is -0.733. The van der Waals surface area contributed by atoms with Crippen molar-refractivity contribution in [1.82, 2.24) is 0 Å². The lowest BCUT2D eigenvalue weighted by Crippen LogP contribution is -3.14.